The van der Waals surface area contributed by atoms with Crippen molar-refractivity contribution in [3.05, 3.63) is 83.4 Å². The van der Waals surface area contributed by atoms with Crippen LogP contribution in [0.2, 0.25) is 5.02 Å². The van der Waals surface area contributed by atoms with Gasteiger partial charge in [0.05, 0.1) is 4.90 Å². The van der Waals surface area contributed by atoms with Crippen molar-refractivity contribution in [3.8, 4) is 0 Å². The fourth-order valence-corrected chi connectivity index (χ4v) is 4.98. The molecule has 178 valence electrons. The molecule has 0 aliphatic carbocycles. The third-order valence-electron chi connectivity index (χ3n) is 5.83. The van der Waals surface area contributed by atoms with Gasteiger partial charge in [-0.15, -0.1) is 0 Å². The van der Waals surface area contributed by atoms with Crippen molar-refractivity contribution in [3.63, 3.8) is 0 Å². The molecule has 4 rings (SSSR count). The first-order valence-electron chi connectivity index (χ1n) is 11.1. The number of hydrogen-bond acceptors (Lipinski definition) is 5. The van der Waals surface area contributed by atoms with Gasteiger partial charge in [-0.25, -0.2) is 8.42 Å². The quantitative estimate of drug-likeness (QED) is 0.500. The highest BCUT2D eigenvalue weighted by atomic mass is 35.5. The van der Waals surface area contributed by atoms with E-state index in [4.69, 9.17) is 11.6 Å². The Kier molecular flexibility index (Phi) is 7.41. The topological polar surface area (TPSA) is 81.8 Å². The molecule has 0 unspecified atom stereocenters. The van der Waals surface area contributed by atoms with Crippen molar-refractivity contribution in [2.45, 2.75) is 11.8 Å². The maximum atomic E-state index is 12.6. The molecule has 3 aromatic rings. The van der Waals surface area contributed by atoms with E-state index in [1.165, 1.54) is 24.3 Å². The highest BCUT2D eigenvalue weighted by Gasteiger charge is 2.17. The third-order valence-corrected chi connectivity index (χ3v) is 7.48. The number of benzene rings is 3. The monoisotopic (exact) mass is 498 g/mol. The molecule has 3 aromatic carbocycles. The van der Waals surface area contributed by atoms with Crippen LogP contribution in [0.15, 0.2) is 77.7 Å². The second-order valence-electron chi connectivity index (χ2n) is 8.06. The van der Waals surface area contributed by atoms with E-state index in [2.05, 4.69) is 26.8 Å². The van der Waals surface area contributed by atoms with Gasteiger partial charge in [-0.05, 0) is 79.3 Å². The molecule has 1 amide bonds. The van der Waals surface area contributed by atoms with Crippen LogP contribution in [0.3, 0.4) is 0 Å². The maximum absolute atomic E-state index is 12.6. The van der Waals surface area contributed by atoms with Gasteiger partial charge in [0.25, 0.3) is 15.9 Å². The highest BCUT2D eigenvalue weighted by Crippen LogP contribution is 2.21. The first kappa shape index (κ1) is 24.1. The van der Waals surface area contributed by atoms with E-state index in [1.807, 2.05) is 24.3 Å². The summed E-state index contributed by atoms with van der Waals surface area (Å²) >= 11 is 5.84. The van der Waals surface area contributed by atoms with Gasteiger partial charge in [0.2, 0.25) is 0 Å². The summed E-state index contributed by atoms with van der Waals surface area (Å²) in [5, 5.41) is 3.38. The number of hydrogen-bond donors (Lipinski definition) is 2. The van der Waals surface area contributed by atoms with Crippen molar-refractivity contribution in [2.24, 2.45) is 0 Å². The zero-order chi connectivity index (χ0) is 24.1. The van der Waals surface area contributed by atoms with Crippen molar-refractivity contribution in [1.82, 2.24) is 4.90 Å². The normalized spacial score (nSPS) is 14.6. The minimum Gasteiger partial charge on any atom is -0.369 e. The van der Waals surface area contributed by atoms with Gasteiger partial charge in [-0.3, -0.25) is 9.52 Å². The van der Waals surface area contributed by atoms with E-state index in [1.54, 1.807) is 24.3 Å². The number of anilines is 3. The highest BCUT2D eigenvalue weighted by molar-refractivity contribution is 7.92. The number of nitrogens with zero attached hydrogens (tertiary/aromatic N) is 2. The fourth-order valence-electron chi connectivity index (χ4n) is 3.80. The zero-order valence-electron chi connectivity index (χ0n) is 18.9. The van der Waals surface area contributed by atoms with Crippen molar-refractivity contribution < 1.29 is 13.2 Å². The lowest BCUT2D eigenvalue weighted by molar-refractivity contribution is 0.102. The molecule has 0 bridgehead atoms. The molecule has 0 atom stereocenters. The summed E-state index contributed by atoms with van der Waals surface area (Å²) < 4.78 is 27.7. The standard InChI is InChI=1S/C25H27ClN4O3S/c1-2-29-15-17-30(18-16-29)23-11-9-21(10-12-23)27-25(31)19-3-13-24(14-4-19)34(32,33)28-22-7-5-20(26)6-8-22/h3-14,28H,2,15-18H2,1H3,(H,27,31). The Hall–Kier alpha value is -3.07. The Balaban J connectivity index is 1.36. The van der Waals surface area contributed by atoms with Gasteiger partial charge in [0.1, 0.15) is 0 Å². The molecule has 0 radical (unpaired) electrons. The summed E-state index contributed by atoms with van der Waals surface area (Å²) in [4.78, 5) is 17.5. The van der Waals surface area contributed by atoms with Crippen molar-refractivity contribution in [2.75, 3.05) is 47.7 Å². The van der Waals surface area contributed by atoms with E-state index in [-0.39, 0.29) is 10.8 Å². The van der Waals surface area contributed by atoms with E-state index in [9.17, 15) is 13.2 Å². The summed E-state index contributed by atoms with van der Waals surface area (Å²) in [5.74, 6) is -0.307. The number of carbonyl (C=O) groups is 1. The molecule has 0 aromatic heterocycles. The lowest BCUT2D eigenvalue weighted by atomic mass is 10.2. The summed E-state index contributed by atoms with van der Waals surface area (Å²) in [7, 11) is -3.78. The van der Waals surface area contributed by atoms with Gasteiger partial charge in [-0.2, -0.15) is 0 Å². The van der Waals surface area contributed by atoms with Crippen LogP contribution in [0.5, 0.6) is 0 Å². The summed E-state index contributed by atoms with van der Waals surface area (Å²) in [5.41, 5.74) is 2.59. The number of sulfonamides is 1. The molecule has 34 heavy (non-hydrogen) atoms. The van der Waals surface area contributed by atoms with E-state index >= 15 is 0 Å². The molecule has 2 N–H and O–H groups in total. The molecule has 9 heteroatoms. The Morgan fingerprint density at radius 3 is 2.03 bits per heavy atom. The molecule has 0 spiro atoms. The van der Waals surface area contributed by atoms with Crippen LogP contribution < -0.4 is 14.9 Å². The summed E-state index contributed by atoms with van der Waals surface area (Å²) in [6.07, 6.45) is 0. The van der Waals surface area contributed by atoms with Crippen LogP contribution in [-0.4, -0.2) is 51.9 Å². The summed E-state index contributed by atoms with van der Waals surface area (Å²) in [6, 6.07) is 20.0. The Labute approximate surface area is 205 Å². The van der Waals surface area contributed by atoms with E-state index in [0.717, 1.165) is 38.4 Å². The van der Waals surface area contributed by atoms with Crippen LogP contribution in [0.4, 0.5) is 17.1 Å². The number of nitrogens with one attached hydrogen (secondary N) is 2. The van der Waals surface area contributed by atoms with Gasteiger partial charge >= 0.3 is 0 Å². The Morgan fingerprint density at radius 2 is 1.44 bits per heavy atom. The molecule has 1 saturated heterocycles. The molecule has 1 heterocycles. The van der Waals surface area contributed by atoms with Gasteiger partial charge in [0, 0.05) is 53.8 Å². The lowest BCUT2D eigenvalue weighted by Crippen LogP contribution is -2.46. The van der Waals surface area contributed by atoms with Crippen molar-refractivity contribution in [1.29, 1.82) is 0 Å². The largest absolute Gasteiger partial charge is 0.369 e. The molecule has 1 aliphatic rings. The second kappa shape index (κ2) is 10.5. The van der Waals surface area contributed by atoms with Crippen LogP contribution in [0.1, 0.15) is 17.3 Å². The number of rotatable bonds is 7. The van der Waals surface area contributed by atoms with Gasteiger partial charge in [0.15, 0.2) is 0 Å². The molecule has 1 fully saturated rings. The first-order valence-corrected chi connectivity index (χ1v) is 13.0. The molecule has 1 aliphatic heterocycles. The molecule has 7 nitrogen and oxygen atoms in total. The minimum atomic E-state index is -3.78. The Morgan fingerprint density at radius 1 is 0.853 bits per heavy atom. The number of likely N-dealkylation sites (N-methyl/N-ethyl adjacent to an activating group) is 1. The van der Waals surface area contributed by atoms with Gasteiger partial charge in [-0.1, -0.05) is 18.5 Å². The lowest BCUT2D eigenvalue weighted by Gasteiger charge is -2.35. The number of halogens is 1. The van der Waals surface area contributed by atoms with Crippen LogP contribution >= 0.6 is 11.6 Å². The van der Waals surface area contributed by atoms with E-state index < -0.39 is 10.0 Å². The van der Waals surface area contributed by atoms with Gasteiger partial charge < -0.3 is 15.1 Å². The average molecular weight is 499 g/mol. The average Bonchev–Trinajstić information content (AvgIpc) is 2.86. The van der Waals surface area contributed by atoms with Crippen LogP contribution in [0.25, 0.3) is 0 Å². The molecular formula is C25H27ClN4O3S. The zero-order valence-corrected chi connectivity index (χ0v) is 20.4. The number of amides is 1. The predicted molar refractivity (Wildman–Crippen MR) is 137 cm³/mol. The summed E-state index contributed by atoms with van der Waals surface area (Å²) in [6.45, 7) is 7.33. The fraction of sp³-hybridized carbons (Fsp3) is 0.240. The number of carbonyl (C=O) groups excluding carboxylic acids is 1. The molecular weight excluding hydrogens is 472 g/mol. The Bertz CT molecular complexity index is 1220. The van der Waals surface area contributed by atoms with E-state index in [0.29, 0.717) is 22.0 Å². The third kappa shape index (κ3) is 5.88. The van der Waals surface area contributed by atoms with Crippen LogP contribution in [0, 0.1) is 0 Å². The molecule has 0 saturated carbocycles. The van der Waals surface area contributed by atoms with Crippen molar-refractivity contribution >= 4 is 44.6 Å². The first-order chi connectivity index (χ1) is 16.3. The predicted octanol–water partition coefficient (Wildman–Crippen LogP) is 4.54. The minimum absolute atomic E-state index is 0.0616. The van der Waals surface area contributed by atoms with Crippen LogP contribution in [-0.2, 0) is 10.0 Å². The second-order valence-corrected chi connectivity index (χ2v) is 10.2. The maximum Gasteiger partial charge on any atom is 0.261 e. The SMILES string of the molecule is CCN1CCN(c2ccc(NC(=O)c3ccc(S(=O)(=O)Nc4ccc(Cl)cc4)cc3)cc2)CC1. The number of piperazine rings is 1. The smallest absolute Gasteiger partial charge is 0.261 e.